The molecule has 1 aromatic heterocycles. The summed E-state index contributed by atoms with van der Waals surface area (Å²) in [5.41, 5.74) is 1.16. The van der Waals surface area contributed by atoms with Gasteiger partial charge in [0, 0.05) is 36.6 Å². The Morgan fingerprint density at radius 2 is 2.08 bits per heavy atom. The third-order valence-electron chi connectivity index (χ3n) is 4.86. The Hall–Kier alpha value is -1.62. The summed E-state index contributed by atoms with van der Waals surface area (Å²) < 4.78 is 0. The molecule has 0 bridgehead atoms. The molecule has 1 N–H and O–H groups in total. The monoisotopic (exact) mass is 342 g/mol. The van der Waals surface area contributed by atoms with E-state index in [1.807, 2.05) is 18.2 Å². The number of piperazine rings is 1. The molecule has 2 aromatic rings. The molecule has 1 aromatic carbocycles. The van der Waals surface area contributed by atoms with Crippen LogP contribution in [0.2, 0.25) is 0 Å². The zero-order valence-electron chi connectivity index (χ0n) is 14.4. The van der Waals surface area contributed by atoms with Crippen LogP contribution in [0, 0.1) is 0 Å². The fourth-order valence-electron chi connectivity index (χ4n) is 3.67. The number of nitrogens with zero attached hydrogens (tertiary/aromatic N) is 2. The topological polar surface area (TPSA) is 26.7 Å². The summed E-state index contributed by atoms with van der Waals surface area (Å²) in [6, 6.07) is 13.1. The van der Waals surface area contributed by atoms with Crippen LogP contribution < -0.4 is 0 Å². The van der Waals surface area contributed by atoms with Crippen molar-refractivity contribution < 1.29 is 5.11 Å². The van der Waals surface area contributed by atoms with Gasteiger partial charge in [0.1, 0.15) is 5.75 Å². The first-order valence-corrected chi connectivity index (χ1v) is 9.41. The standard InChI is InChI=1S/C20H26N2OS/c1-4-10-21-13-16(3)22(14-15(21)2)20(19-9-6-11-24-19)17-7-5-8-18(23)12-17/h4-9,11-12,15-16,20,23H,1,10,13-14H2,2-3H3/t15-,16+,20-/m1/s1. The molecule has 3 atom stereocenters. The van der Waals surface area contributed by atoms with Crippen molar-refractivity contribution in [1.82, 2.24) is 9.80 Å². The van der Waals surface area contributed by atoms with E-state index in [9.17, 15) is 5.11 Å². The molecule has 2 heterocycles. The van der Waals surface area contributed by atoms with Gasteiger partial charge in [-0.15, -0.1) is 17.9 Å². The van der Waals surface area contributed by atoms with E-state index in [0.717, 1.165) is 25.2 Å². The van der Waals surface area contributed by atoms with E-state index in [1.165, 1.54) is 4.88 Å². The quantitative estimate of drug-likeness (QED) is 0.828. The van der Waals surface area contributed by atoms with Crippen molar-refractivity contribution in [2.75, 3.05) is 19.6 Å². The predicted molar refractivity (Wildman–Crippen MR) is 102 cm³/mol. The summed E-state index contributed by atoms with van der Waals surface area (Å²) in [5.74, 6) is 0.333. The number of aromatic hydroxyl groups is 1. The van der Waals surface area contributed by atoms with Crippen molar-refractivity contribution in [3.8, 4) is 5.75 Å². The molecule has 4 heteroatoms. The van der Waals surface area contributed by atoms with Crippen molar-refractivity contribution in [3.05, 3.63) is 64.9 Å². The van der Waals surface area contributed by atoms with Gasteiger partial charge in [0.15, 0.2) is 0 Å². The van der Waals surface area contributed by atoms with Crippen LogP contribution in [-0.4, -0.2) is 46.6 Å². The normalized spacial score (nSPS) is 23.9. The van der Waals surface area contributed by atoms with E-state index in [2.05, 4.69) is 53.8 Å². The molecule has 0 unspecified atom stereocenters. The van der Waals surface area contributed by atoms with E-state index in [-0.39, 0.29) is 6.04 Å². The van der Waals surface area contributed by atoms with Gasteiger partial charge in [-0.1, -0.05) is 24.3 Å². The van der Waals surface area contributed by atoms with Gasteiger partial charge in [0.2, 0.25) is 0 Å². The third kappa shape index (κ3) is 3.56. The zero-order valence-corrected chi connectivity index (χ0v) is 15.2. The first kappa shape index (κ1) is 17.2. The first-order chi connectivity index (χ1) is 11.6. The largest absolute Gasteiger partial charge is 0.508 e. The van der Waals surface area contributed by atoms with E-state index >= 15 is 0 Å². The number of phenols is 1. The molecule has 24 heavy (non-hydrogen) atoms. The van der Waals surface area contributed by atoms with Crippen molar-refractivity contribution in [1.29, 1.82) is 0 Å². The molecule has 0 radical (unpaired) electrons. The fourth-order valence-corrected chi connectivity index (χ4v) is 4.54. The van der Waals surface area contributed by atoms with Crippen LogP contribution in [0.15, 0.2) is 54.4 Å². The van der Waals surface area contributed by atoms with Crippen LogP contribution in [-0.2, 0) is 0 Å². The molecule has 0 spiro atoms. The number of hydrogen-bond donors (Lipinski definition) is 1. The van der Waals surface area contributed by atoms with E-state index in [0.29, 0.717) is 17.8 Å². The van der Waals surface area contributed by atoms with Crippen LogP contribution in [0.3, 0.4) is 0 Å². The lowest BCUT2D eigenvalue weighted by Crippen LogP contribution is -2.57. The van der Waals surface area contributed by atoms with Crippen molar-refractivity contribution >= 4 is 11.3 Å². The summed E-state index contributed by atoms with van der Waals surface area (Å²) in [6.45, 7) is 11.5. The summed E-state index contributed by atoms with van der Waals surface area (Å²) in [4.78, 5) is 6.39. The highest BCUT2D eigenvalue weighted by atomic mass is 32.1. The van der Waals surface area contributed by atoms with Crippen molar-refractivity contribution in [3.63, 3.8) is 0 Å². The lowest BCUT2D eigenvalue weighted by molar-refractivity contribution is 0.0315. The minimum Gasteiger partial charge on any atom is -0.508 e. The Bertz CT molecular complexity index is 670. The second-order valence-corrected chi connectivity index (χ2v) is 7.63. The molecule has 1 saturated heterocycles. The Balaban J connectivity index is 1.93. The molecule has 1 aliphatic rings. The van der Waals surface area contributed by atoms with E-state index in [4.69, 9.17) is 0 Å². The number of benzene rings is 1. The minimum absolute atomic E-state index is 0.195. The SMILES string of the molecule is C=CCN1C[C@H](C)N([C@H](c2cccc(O)c2)c2cccs2)C[C@H]1C. The predicted octanol–water partition coefficient (Wildman–Crippen LogP) is 4.12. The fraction of sp³-hybridized carbons (Fsp3) is 0.400. The molecule has 1 aliphatic heterocycles. The maximum Gasteiger partial charge on any atom is 0.115 e. The number of phenolic OH excluding ortho intramolecular Hbond substituents is 1. The summed E-state index contributed by atoms with van der Waals surface area (Å²) in [5, 5.41) is 12.1. The Kier molecular flexibility index (Phi) is 5.39. The molecule has 3 nitrogen and oxygen atoms in total. The van der Waals surface area contributed by atoms with Crippen LogP contribution in [0.25, 0.3) is 0 Å². The number of rotatable bonds is 5. The van der Waals surface area contributed by atoms with Gasteiger partial charge in [-0.2, -0.15) is 0 Å². The second kappa shape index (κ2) is 7.51. The average molecular weight is 343 g/mol. The number of thiophene rings is 1. The Morgan fingerprint density at radius 3 is 2.75 bits per heavy atom. The Labute approximate surface area is 148 Å². The van der Waals surface area contributed by atoms with Crippen LogP contribution >= 0.6 is 11.3 Å². The van der Waals surface area contributed by atoms with Crippen molar-refractivity contribution in [2.24, 2.45) is 0 Å². The highest BCUT2D eigenvalue weighted by Crippen LogP contribution is 2.36. The lowest BCUT2D eigenvalue weighted by Gasteiger charge is -2.47. The maximum atomic E-state index is 9.95. The van der Waals surface area contributed by atoms with Gasteiger partial charge in [-0.3, -0.25) is 9.80 Å². The maximum absolute atomic E-state index is 9.95. The molecular weight excluding hydrogens is 316 g/mol. The summed E-state index contributed by atoms with van der Waals surface area (Å²) in [6.07, 6.45) is 1.99. The van der Waals surface area contributed by atoms with Gasteiger partial charge in [0.05, 0.1) is 6.04 Å². The molecule has 128 valence electrons. The molecule has 0 aliphatic carbocycles. The average Bonchev–Trinajstić information content (AvgIpc) is 3.06. The lowest BCUT2D eigenvalue weighted by atomic mass is 9.98. The number of hydrogen-bond acceptors (Lipinski definition) is 4. The summed E-state index contributed by atoms with van der Waals surface area (Å²) in [7, 11) is 0. The van der Waals surface area contributed by atoms with E-state index in [1.54, 1.807) is 17.4 Å². The van der Waals surface area contributed by atoms with Gasteiger partial charge >= 0.3 is 0 Å². The molecule has 0 amide bonds. The van der Waals surface area contributed by atoms with Crippen LogP contribution in [0.4, 0.5) is 0 Å². The highest BCUT2D eigenvalue weighted by Gasteiger charge is 2.34. The highest BCUT2D eigenvalue weighted by molar-refractivity contribution is 7.10. The van der Waals surface area contributed by atoms with Gasteiger partial charge in [0.25, 0.3) is 0 Å². The smallest absolute Gasteiger partial charge is 0.115 e. The molecular formula is C20H26N2OS. The Morgan fingerprint density at radius 1 is 1.25 bits per heavy atom. The van der Waals surface area contributed by atoms with Crippen LogP contribution in [0.1, 0.15) is 30.3 Å². The third-order valence-corrected chi connectivity index (χ3v) is 5.78. The van der Waals surface area contributed by atoms with Gasteiger partial charge in [-0.25, -0.2) is 0 Å². The van der Waals surface area contributed by atoms with Gasteiger partial charge < -0.3 is 5.11 Å². The summed E-state index contributed by atoms with van der Waals surface area (Å²) >= 11 is 1.79. The second-order valence-electron chi connectivity index (χ2n) is 6.65. The molecule has 0 saturated carbocycles. The zero-order chi connectivity index (χ0) is 17.1. The minimum atomic E-state index is 0.195. The molecule has 3 rings (SSSR count). The van der Waals surface area contributed by atoms with Crippen LogP contribution in [0.5, 0.6) is 5.75 Å². The van der Waals surface area contributed by atoms with Crippen molar-refractivity contribution in [2.45, 2.75) is 32.0 Å². The first-order valence-electron chi connectivity index (χ1n) is 8.53. The molecule has 1 fully saturated rings. The van der Waals surface area contributed by atoms with E-state index < -0.39 is 0 Å². The van der Waals surface area contributed by atoms with Gasteiger partial charge in [-0.05, 0) is 43.0 Å².